The number of aliphatic imine (C=N–C) groups is 1. The van der Waals surface area contributed by atoms with Crippen LogP contribution in [0.15, 0.2) is 29.3 Å². The number of aliphatic hydroxyl groups is 1. The number of alkyl halides is 2. The molecule has 0 saturated carbocycles. The second-order valence-corrected chi connectivity index (χ2v) is 5.79. The van der Waals surface area contributed by atoms with Crippen LogP contribution in [0.1, 0.15) is 19.8 Å². The Hall–Kier alpha value is -2.09. The van der Waals surface area contributed by atoms with Crippen molar-refractivity contribution in [2.75, 3.05) is 37.7 Å². The fourth-order valence-corrected chi connectivity index (χ4v) is 2.84. The quantitative estimate of drug-likeness (QED) is 0.513. The summed E-state index contributed by atoms with van der Waals surface area (Å²) in [6.45, 7) is 2.01. The van der Waals surface area contributed by atoms with Crippen LogP contribution >= 0.6 is 0 Å². The molecule has 0 spiro atoms. The Balaban J connectivity index is 1.95. The predicted octanol–water partition coefficient (Wildman–Crippen LogP) is 1.80. The number of rotatable bonds is 7. The number of hydrogen-bond donors (Lipinski definition) is 3. The van der Waals surface area contributed by atoms with E-state index in [0.717, 1.165) is 38.2 Å². The molecule has 0 aliphatic carbocycles. The van der Waals surface area contributed by atoms with Crippen LogP contribution in [0.4, 0.5) is 14.5 Å². The van der Waals surface area contributed by atoms with Crippen LogP contribution < -0.4 is 20.3 Å². The number of nitrogens with zero attached hydrogens (tertiary/aromatic N) is 2. The minimum absolute atomic E-state index is 0.0143. The highest BCUT2D eigenvalue weighted by Gasteiger charge is 2.21. The second kappa shape index (κ2) is 10.0. The van der Waals surface area contributed by atoms with E-state index >= 15 is 0 Å². The molecule has 0 amide bonds. The highest BCUT2D eigenvalue weighted by Crippen LogP contribution is 2.23. The van der Waals surface area contributed by atoms with Crippen molar-refractivity contribution in [1.82, 2.24) is 10.6 Å². The smallest absolute Gasteiger partial charge is 0.387 e. The highest BCUT2D eigenvalue weighted by molar-refractivity contribution is 5.80. The summed E-state index contributed by atoms with van der Waals surface area (Å²) in [7, 11) is 0. The fourth-order valence-electron chi connectivity index (χ4n) is 2.84. The van der Waals surface area contributed by atoms with Crippen molar-refractivity contribution in [3.8, 4) is 5.75 Å². The van der Waals surface area contributed by atoms with Crippen LogP contribution in [0, 0.1) is 0 Å². The first kappa shape index (κ1) is 19.2. The molecule has 1 heterocycles. The number of benzene rings is 1. The molecule has 140 valence electrons. The molecule has 3 N–H and O–H groups in total. The highest BCUT2D eigenvalue weighted by atomic mass is 19.3. The maximum absolute atomic E-state index is 12.2. The minimum atomic E-state index is -2.81. The number of halogens is 2. The van der Waals surface area contributed by atoms with Crippen LogP contribution in [0.25, 0.3) is 0 Å². The molecular weight excluding hydrogens is 330 g/mol. The summed E-state index contributed by atoms with van der Waals surface area (Å²) in [6.07, 6.45) is 2.04. The van der Waals surface area contributed by atoms with E-state index in [9.17, 15) is 8.78 Å². The molecule has 8 heteroatoms. The van der Waals surface area contributed by atoms with Crippen molar-refractivity contribution in [2.45, 2.75) is 32.4 Å². The van der Waals surface area contributed by atoms with E-state index in [2.05, 4.69) is 25.3 Å². The van der Waals surface area contributed by atoms with Gasteiger partial charge in [0.05, 0.1) is 13.2 Å². The molecule has 1 unspecified atom stereocenters. The lowest BCUT2D eigenvalue weighted by Gasteiger charge is -2.35. The molecule has 25 heavy (non-hydrogen) atoms. The number of hydrogen-bond acceptors (Lipinski definition) is 4. The summed E-state index contributed by atoms with van der Waals surface area (Å²) in [5, 5.41) is 15.5. The Morgan fingerprint density at radius 3 is 2.80 bits per heavy atom. The van der Waals surface area contributed by atoms with E-state index in [0.29, 0.717) is 12.5 Å². The fraction of sp³-hybridized carbons (Fsp3) is 0.588. The SMILES string of the molecule is CCNC(=NCCO)NC1CCCN(c2ccc(OC(F)F)cc2)C1. The van der Waals surface area contributed by atoms with Gasteiger partial charge in [0.25, 0.3) is 0 Å². The summed E-state index contributed by atoms with van der Waals surface area (Å²) in [5.74, 6) is 0.861. The Labute approximate surface area is 146 Å². The molecule has 1 fully saturated rings. The van der Waals surface area contributed by atoms with Gasteiger partial charge in [-0.2, -0.15) is 8.78 Å². The van der Waals surface area contributed by atoms with E-state index in [-0.39, 0.29) is 18.4 Å². The maximum atomic E-state index is 12.2. The number of anilines is 1. The summed E-state index contributed by atoms with van der Waals surface area (Å²) >= 11 is 0. The van der Waals surface area contributed by atoms with Gasteiger partial charge in [-0.15, -0.1) is 0 Å². The molecule has 1 saturated heterocycles. The van der Waals surface area contributed by atoms with E-state index in [4.69, 9.17) is 5.11 Å². The molecule has 1 aromatic rings. The Morgan fingerprint density at radius 1 is 1.40 bits per heavy atom. The van der Waals surface area contributed by atoms with Crippen molar-refractivity contribution < 1.29 is 18.6 Å². The normalized spacial score (nSPS) is 18.4. The summed E-state index contributed by atoms with van der Waals surface area (Å²) in [4.78, 5) is 6.51. The Morgan fingerprint density at radius 2 is 2.16 bits per heavy atom. The molecule has 0 aromatic heterocycles. The van der Waals surface area contributed by atoms with Gasteiger partial charge in [-0.05, 0) is 44.0 Å². The van der Waals surface area contributed by atoms with E-state index in [1.807, 2.05) is 6.92 Å². The third-order valence-electron chi connectivity index (χ3n) is 3.90. The number of piperidine rings is 1. The molecule has 2 rings (SSSR count). The zero-order valence-corrected chi connectivity index (χ0v) is 14.4. The van der Waals surface area contributed by atoms with Crippen molar-refractivity contribution in [3.63, 3.8) is 0 Å². The largest absolute Gasteiger partial charge is 0.435 e. The Bertz CT molecular complexity index is 540. The first-order valence-electron chi connectivity index (χ1n) is 8.58. The maximum Gasteiger partial charge on any atom is 0.387 e. The van der Waals surface area contributed by atoms with Gasteiger partial charge < -0.3 is 25.4 Å². The van der Waals surface area contributed by atoms with Gasteiger partial charge in [-0.25, -0.2) is 0 Å². The molecule has 1 aromatic carbocycles. The van der Waals surface area contributed by atoms with Crippen LogP contribution in [-0.2, 0) is 0 Å². The predicted molar refractivity (Wildman–Crippen MR) is 94.5 cm³/mol. The molecular formula is C17H26F2N4O2. The summed E-state index contributed by atoms with van der Waals surface area (Å²) in [5.41, 5.74) is 0.977. The second-order valence-electron chi connectivity index (χ2n) is 5.79. The molecule has 0 bridgehead atoms. The minimum Gasteiger partial charge on any atom is -0.435 e. The summed E-state index contributed by atoms with van der Waals surface area (Å²) < 4.78 is 28.8. The van der Waals surface area contributed by atoms with Gasteiger partial charge in [-0.1, -0.05) is 0 Å². The third-order valence-corrected chi connectivity index (χ3v) is 3.90. The van der Waals surface area contributed by atoms with E-state index in [1.54, 1.807) is 24.3 Å². The zero-order valence-electron chi connectivity index (χ0n) is 14.4. The third kappa shape index (κ3) is 6.38. The van der Waals surface area contributed by atoms with Gasteiger partial charge in [0.15, 0.2) is 5.96 Å². The number of aliphatic hydroxyl groups excluding tert-OH is 1. The first-order valence-corrected chi connectivity index (χ1v) is 8.58. The zero-order chi connectivity index (χ0) is 18.1. The monoisotopic (exact) mass is 356 g/mol. The van der Waals surface area contributed by atoms with Gasteiger partial charge in [0.2, 0.25) is 0 Å². The molecule has 0 radical (unpaired) electrons. The number of guanidine groups is 1. The van der Waals surface area contributed by atoms with Crippen LogP contribution in [0.2, 0.25) is 0 Å². The Kier molecular flexibility index (Phi) is 7.72. The molecule has 1 atom stereocenters. The van der Waals surface area contributed by atoms with Gasteiger partial charge >= 0.3 is 6.61 Å². The number of ether oxygens (including phenoxy) is 1. The van der Waals surface area contributed by atoms with Gasteiger partial charge in [0.1, 0.15) is 5.75 Å². The lowest BCUT2D eigenvalue weighted by molar-refractivity contribution is -0.0498. The number of nitrogens with one attached hydrogen (secondary N) is 2. The van der Waals surface area contributed by atoms with Crippen molar-refractivity contribution in [1.29, 1.82) is 0 Å². The first-order chi connectivity index (χ1) is 12.1. The molecule has 1 aliphatic heterocycles. The van der Waals surface area contributed by atoms with Crippen LogP contribution in [0.5, 0.6) is 5.75 Å². The van der Waals surface area contributed by atoms with Crippen molar-refractivity contribution in [2.24, 2.45) is 4.99 Å². The van der Waals surface area contributed by atoms with E-state index in [1.165, 1.54) is 0 Å². The standard InChI is InChI=1S/C17H26F2N4O2/c1-2-20-17(21-9-11-24)22-13-4-3-10-23(12-13)14-5-7-15(8-6-14)25-16(18)19/h5-8,13,16,24H,2-4,9-12H2,1H3,(H2,20,21,22). The van der Waals surface area contributed by atoms with Crippen LogP contribution in [-0.4, -0.2) is 56.5 Å². The van der Waals surface area contributed by atoms with Gasteiger partial charge in [-0.3, -0.25) is 4.99 Å². The molecule has 1 aliphatic rings. The molecule has 6 nitrogen and oxygen atoms in total. The average molecular weight is 356 g/mol. The van der Waals surface area contributed by atoms with Crippen LogP contribution in [0.3, 0.4) is 0 Å². The van der Waals surface area contributed by atoms with Crippen molar-refractivity contribution in [3.05, 3.63) is 24.3 Å². The van der Waals surface area contributed by atoms with Gasteiger partial charge in [0, 0.05) is 31.4 Å². The lowest BCUT2D eigenvalue weighted by atomic mass is 10.0. The summed E-state index contributed by atoms with van der Waals surface area (Å²) in [6, 6.07) is 6.94. The average Bonchev–Trinajstić information content (AvgIpc) is 2.60. The van der Waals surface area contributed by atoms with E-state index < -0.39 is 6.61 Å². The lowest BCUT2D eigenvalue weighted by Crippen LogP contribution is -2.51. The van der Waals surface area contributed by atoms with Crippen molar-refractivity contribution >= 4 is 11.6 Å². The topological polar surface area (TPSA) is 69.1 Å².